The molecule has 0 aromatic heterocycles. The molecule has 0 amide bonds. The Morgan fingerprint density at radius 3 is 2.35 bits per heavy atom. The first-order valence-electron chi connectivity index (χ1n) is 5.57. The normalized spacial score (nSPS) is 10.5. The van der Waals surface area contributed by atoms with Crippen LogP contribution in [0.4, 0.5) is 5.69 Å². The zero-order valence-electron chi connectivity index (χ0n) is 11.0. The molecule has 2 nitrogen and oxygen atoms in total. The summed E-state index contributed by atoms with van der Waals surface area (Å²) in [5.41, 5.74) is 4.39. The van der Waals surface area contributed by atoms with E-state index in [1.807, 2.05) is 6.07 Å². The van der Waals surface area contributed by atoms with Crippen molar-refractivity contribution in [3.8, 4) is 5.75 Å². The van der Waals surface area contributed by atoms with Gasteiger partial charge in [0, 0.05) is 0 Å². The van der Waals surface area contributed by atoms with E-state index in [1.165, 1.54) is 34.4 Å². The molecule has 0 saturated carbocycles. The van der Waals surface area contributed by atoms with Crippen LogP contribution in [0.25, 0.3) is 0 Å². The van der Waals surface area contributed by atoms with Crippen LogP contribution in [0.1, 0.15) is 30.5 Å². The van der Waals surface area contributed by atoms with Crippen LogP contribution >= 0.6 is 0 Å². The number of hydrogen-bond acceptors (Lipinski definition) is 2. The molecular formula is C14H18NOW-. The molecule has 0 radical (unpaired) electrons. The predicted molar refractivity (Wildman–Crippen MR) is 69.6 cm³/mol. The Morgan fingerprint density at radius 2 is 1.94 bits per heavy atom. The van der Waals surface area contributed by atoms with Gasteiger partial charge in [0.25, 0.3) is 0 Å². The van der Waals surface area contributed by atoms with E-state index >= 15 is 0 Å². The molecule has 0 heterocycles. The van der Waals surface area contributed by atoms with Gasteiger partial charge in [0.2, 0.25) is 0 Å². The van der Waals surface area contributed by atoms with Crippen LogP contribution in [0.5, 0.6) is 5.75 Å². The predicted octanol–water partition coefficient (Wildman–Crippen LogP) is 3.24. The van der Waals surface area contributed by atoms with Crippen molar-refractivity contribution in [1.82, 2.24) is 0 Å². The minimum absolute atomic E-state index is 0.511. The van der Waals surface area contributed by atoms with Crippen LogP contribution in [0.15, 0.2) is 11.1 Å². The van der Waals surface area contributed by atoms with Gasteiger partial charge in [-0.25, -0.2) is 0 Å². The van der Waals surface area contributed by atoms with Crippen molar-refractivity contribution in [1.29, 1.82) is 0 Å². The molecule has 0 atom stereocenters. The molecule has 0 N–H and O–H groups in total. The van der Waals surface area contributed by atoms with Crippen LogP contribution in [0.3, 0.4) is 0 Å². The van der Waals surface area contributed by atoms with Gasteiger partial charge in [-0.1, -0.05) is 0 Å². The maximum absolute atomic E-state index is 5.50. The van der Waals surface area contributed by atoms with E-state index in [4.69, 9.17) is 11.5 Å². The number of aliphatic imine (C=N–C) groups is 1. The van der Waals surface area contributed by atoms with Gasteiger partial charge in [-0.05, 0) is 0 Å². The molecule has 1 aromatic carbocycles. The molecule has 0 aliphatic heterocycles. The third-order valence-electron chi connectivity index (χ3n) is 2.96. The van der Waals surface area contributed by atoms with Crippen LogP contribution in [-0.4, -0.2) is 17.7 Å². The Labute approximate surface area is 115 Å². The summed E-state index contributed by atoms with van der Waals surface area (Å²) in [5.74, 6) is 1.36. The molecule has 1 rings (SSSR count). The monoisotopic (exact) mass is 400 g/mol. The van der Waals surface area contributed by atoms with E-state index < -0.39 is 0 Å². The zero-order valence-corrected chi connectivity index (χ0v) is 13.9. The van der Waals surface area contributed by atoms with Crippen molar-refractivity contribution in [3.63, 3.8) is 0 Å². The van der Waals surface area contributed by atoms with Crippen molar-refractivity contribution in [2.24, 2.45) is 10.9 Å². The van der Waals surface area contributed by atoms with Crippen molar-refractivity contribution in [2.45, 2.75) is 27.7 Å². The molecule has 92 valence electrons. The number of ether oxygens (including phenoxy) is 1. The first-order valence-corrected chi connectivity index (χ1v) is 7.04. The number of methoxy groups -OCH3 is 1. The molecule has 0 aliphatic rings. The van der Waals surface area contributed by atoms with Gasteiger partial charge in [0.15, 0.2) is 0 Å². The van der Waals surface area contributed by atoms with Gasteiger partial charge < -0.3 is 0 Å². The second kappa shape index (κ2) is 5.73. The van der Waals surface area contributed by atoms with E-state index in [0.717, 1.165) is 17.0 Å². The van der Waals surface area contributed by atoms with Gasteiger partial charge >= 0.3 is 115 Å². The topological polar surface area (TPSA) is 21.6 Å². The minimum atomic E-state index is 0.511. The molecule has 0 aliphatic carbocycles. The van der Waals surface area contributed by atoms with Gasteiger partial charge in [-0.15, -0.1) is 0 Å². The van der Waals surface area contributed by atoms with Crippen molar-refractivity contribution >= 4 is 16.3 Å². The molecule has 1 aromatic rings. The fourth-order valence-electron chi connectivity index (χ4n) is 1.78. The second-order valence-electron chi connectivity index (χ2n) is 4.37. The summed E-state index contributed by atoms with van der Waals surface area (Å²) in [7, 11) is 1.67. The molecule has 0 bridgehead atoms. The van der Waals surface area contributed by atoms with Gasteiger partial charge in [-0.2, -0.15) is 0 Å². The SMILES string of the molecule is [CH-]=Nc1cc(OC)c(C)c(C)c1[C](=[W])C(C)C. The molecule has 17 heavy (non-hydrogen) atoms. The summed E-state index contributed by atoms with van der Waals surface area (Å²) < 4.78 is 6.73. The first kappa shape index (κ1) is 14.3. The maximum atomic E-state index is 5.50. The number of hydrogen-bond donors (Lipinski definition) is 0. The van der Waals surface area contributed by atoms with Crippen LogP contribution in [-0.2, 0) is 19.4 Å². The fourth-order valence-corrected chi connectivity index (χ4v) is 2.71. The first-order chi connectivity index (χ1) is 7.93. The molecular weight excluding hydrogens is 382 g/mol. The molecule has 0 fully saturated rings. The number of rotatable bonds is 4. The van der Waals surface area contributed by atoms with E-state index in [1.54, 1.807) is 7.11 Å². The Balaban J connectivity index is 3.54. The van der Waals surface area contributed by atoms with Gasteiger partial charge in [-0.3, -0.25) is 0 Å². The number of benzene rings is 1. The zero-order chi connectivity index (χ0) is 13.2. The summed E-state index contributed by atoms with van der Waals surface area (Å²) in [4.78, 5) is 3.90. The van der Waals surface area contributed by atoms with Crippen molar-refractivity contribution < 1.29 is 24.1 Å². The number of nitrogens with zero attached hydrogens (tertiary/aromatic N) is 1. The Hall–Kier alpha value is -0.752. The Morgan fingerprint density at radius 1 is 1.35 bits per heavy atom. The second-order valence-corrected chi connectivity index (χ2v) is 5.95. The van der Waals surface area contributed by atoms with E-state index in [2.05, 4.69) is 32.7 Å². The van der Waals surface area contributed by atoms with E-state index in [0.29, 0.717) is 5.92 Å². The summed E-state index contributed by atoms with van der Waals surface area (Å²) in [6.07, 6.45) is 0. The van der Waals surface area contributed by atoms with Crippen molar-refractivity contribution in [2.75, 3.05) is 7.11 Å². The third kappa shape index (κ3) is 2.74. The van der Waals surface area contributed by atoms with Crippen LogP contribution in [0, 0.1) is 19.8 Å². The summed E-state index contributed by atoms with van der Waals surface area (Å²) >= 11 is 1.47. The summed E-state index contributed by atoms with van der Waals surface area (Å²) in [5, 5.41) is 0. The van der Waals surface area contributed by atoms with Gasteiger partial charge in [0.1, 0.15) is 0 Å². The van der Waals surface area contributed by atoms with E-state index in [-0.39, 0.29) is 0 Å². The van der Waals surface area contributed by atoms with Gasteiger partial charge in [0.05, 0.1) is 0 Å². The third-order valence-corrected chi connectivity index (χ3v) is 5.39. The molecule has 0 saturated heterocycles. The average molecular weight is 400 g/mol. The molecule has 0 spiro atoms. The van der Waals surface area contributed by atoms with E-state index in [9.17, 15) is 0 Å². The molecule has 0 unspecified atom stereocenters. The summed E-state index contributed by atoms with van der Waals surface area (Å²) in [6, 6.07) is 1.92. The summed E-state index contributed by atoms with van der Waals surface area (Å²) in [6.45, 7) is 14.1. The average Bonchev–Trinajstić information content (AvgIpc) is 2.31. The quantitative estimate of drug-likeness (QED) is 0.562. The molecule has 3 heteroatoms. The van der Waals surface area contributed by atoms with Crippen molar-refractivity contribution in [3.05, 3.63) is 22.8 Å². The standard InChI is InChI=1S/C14H18NO.W/c1-9(2)7-12-10(3)11(4)14(16-6)8-13(12)15-5;/h5,8-9H,1-4,6H3;/q-1;. The Bertz CT molecular complexity index is 464. The Kier molecular flexibility index (Phi) is 4.82. The van der Waals surface area contributed by atoms with Crippen LogP contribution in [0.2, 0.25) is 0 Å². The van der Waals surface area contributed by atoms with Crippen LogP contribution < -0.4 is 4.74 Å². The fraction of sp³-hybridized carbons (Fsp3) is 0.429.